The van der Waals surface area contributed by atoms with E-state index in [0.29, 0.717) is 19.8 Å². The predicted octanol–water partition coefficient (Wildman–Crippen LogP) is 0.167. The van der Waals surface area contributed by atoms with Gasteiger partial charge in [0.25, 0.3) is 0 Å². The Hall–Kier alpha value is -0.650. The molecule has 2 aliphatic rings. The number of piperidine rings is 1. The van der Waals surface area contributed by atoms with Gasteiger partial charge in [-0.25, -0.2) is 0 Å². The molecule has 2 rings (SSSR count). The number of hydrogen-bond acceptors (Lipinski definition) is 4. The number of amides is 1. The summed E-state index contributed by atoms with van der Waals surface area (Å²) in [5.74, 6) is 1.05. The SMILES string of the molecule is CN1CCC(CCNCC(=O)N2CCOCC2)CC1. The van der Waals surface area contributed by atoms with Crippen molar-refractivity contribution in [1.82, 2.24) is 15.1 Å². The molecule has 0 aromatic heterocycles. The Balaban J connectivity index is 1.52. The van der Waals surface area contributed by atoms with Crippen LogP contribution < -0.4 is 5.32 Å². The predicted molar refractivity (Wildman–Crippen MR) is 75.1 cm³/mol. The van der Waals surface area contributed by atoms with E-state index in [4.69, 9.17) is 4.74 Å². The molecule has 2 aliphatic heterocycles. The molecule has 0 aromatic rings. The smallest absolute Gasteiger partial charge is 0.236 e. The average Bonchev–Trinajstić information content (AvgIpc) is 2.46. The summed E-state index contributed by atoms with van der Waals surface area (Å²) in [6.45, 7) is 6.74. The molecule has 110 valence electrons. The van der Waals surface area contributed by atoms with Crippen LogP contribution in [0.15, 0.2) is 0 Å². The van der Waals surface area contributed by atoms with Crippen molar-refractivity contribution in [3.05, 3.63) is 0 Å². The van der Waals surface area contributed by atoms with Gasteiger partial charge in [0.15, 0.2) is 0 Å². The van der Waals surface area contributed by atoms with Crippen molar-refractivity contribution >= 4 is 5.91 Å². The van der Waals surface area contributed by atoms with Crippen LogP contribution in [0.5, 0.6) is 0 Å². The van der Waals surface area contributed by atoms with Crippen LogP contribution in [-0.4, -0.2) is 75.2 Å². The highest BCUT2D eigenvalue weighted by molar-refractivity contribution is 5.78. The van der Waals surface area contributed by atoms with Gasteiger partial charge < -0.3 is 19.9 Å². The monoisotopic (exact) mass is 269 g/mol. The van der Waals surface area contributed by atoms with Crippen molar-refractivity contribution < 1.29 is 9.53 Å². The van der Waals surface area contributed by atoms with E-state index >= 15 is 0 Å². The van der Waals surface area contributed by atoms with E-state index in [-0.39, 0.29) is 5.91 Å². The fourth-order valence-electron chi connectivity index (χ4n) is 2.78. The molecule has 2 fully saturated rings. The molecule has 0 atom stereocenters. The van der Waals surface area contributed by atoms with E-state index in [0.717, 1.165) is 25.6 Å². The van der Waals surface area contributed by atoms with Gasteiger partial charge in [-0.15, -0.1) is 0 Å². The topological polar surface area (TPSA) is 44.8 Å². The Kier molecular flexibility index (Phi) is 6.07. The van der Waals surface area contributed by atoms with Crippen molar-refractivity contribution in [2.45, 2.75) is 19.3 Å². The average molecular weight is 269 g/mol. The first-order chi connectivity index (χ1) is 9.25. The highest BCUT2D eigenvalue weighted by Gasteiger charge is 2.18. The van der Waals surface area contributed by atoms with E-state index in [1.54, 1.807) is 0 Å². The largest absolute Gasteiger partial charge is 0.378 e. The Labute approximate surface area is 116 Å². The van der Waals surface area contributed by atoms with Crippen LogP contribution in [0.2, 0.25) is 0 Å². The first-order valence-electron chi connectivity index (χ1n) is 7.50. The third-order valence-electron chi connectivity index (χ3n) is 4.21. The molecule has 19 heavy (non-hydrogen) atoms. The summed E-state index contributed by atoms with van der Waals surface area (Å²) in [7, 11) is 2.19. The third-order valence-corrected chi connectivity index (χ3v) is 4.21. The second-order valence-electron chi connectivity index (χ2n) is 5.71. The first-order valence-corrected chi connectivity index (χ1v) is 7.50. The number of hydrogen-bond donors (Lipinski definition) is 1. The lowest BCUT2D eigenvalue weighted by molar-refractivity contribution is -0.134. The summed E-state index contributed by atoms with van der Waals surface area (Å²) in [6.07, 6.45) is 3.80. The quantitative estimate of drug-likeness (QED) is 0.723. The van der Waals surface area contributed by atoms with Gasteiger partial charge in [0.1, 0.15) is 0 Å². The van der Waals surface area contributed by atoms with Gasteiger partial charge in [-0.05, 0) is 51.9 Å². The Bertz CT molecular complexity index is 272. The second kappa shape index (κ2) is 7.82. The number of morpholine rings is 1. The molecule has 5 nitrogen and oxygen atoms in total. The van der Waals surface area contributed by atoms with Gasteiger partial charge in [0.2, 0.25) is 5.91 Å². The second-order valence-corrected chi connectivity index (χ2v) is 5.71. The molecule has 0 bridgehead atoms. The van der Waals surface area contributed by atoms with Crippen molar-refractivity contribution in [3.8, 4) is 0 Å². The summed E-state index contributed by atoms with van der Waals surface area (Å²) in [4.78, 5) is 16.2. The van der Waals surface area contributed by atoms with Crippen LogP contribution in [0.3, 0.4) is 0 Å². The minimum Gasteiger partial charge on any atom is -0.378 e. The van der Waals surface area contributed by atoms with Crippen LogP contribution in [0.1, 0.15) is 19.3 Å². The number of ether oxygens (including phenoxy) is 1. The maximum atomic E-state index is 11.9. The minimum absolute atomic E-state index is 0.215. The number of carbonyl (C=O) groups excluding carboxylic acids is 1. The molecule has 0 aliphatic carbocycles. The van der Waals surface area contributed by atoms with Crippen LogP contribution in [0, 0.1) is 5.92 Å². The summed E-state index contributed by atoms with van der Waals surface area (Å²) >= 11 is 0. The number of nitrogens with zero attached hydrogens (tertiary/aromatic N) is 2. The van der Waals surface area contributed by atoms with Gasteiger partial charge in [-0.3, -0.25) is 4.79 Å². The summed E-state index contributed by atoms with van der Waals surface area (Å²) in [5.41, 5.74) is 0. The highest BCUT2D eigenvalue weighted by Crippen LogP contribution is 2.18. The zero-order valence-corrected chi connectivity index (χ0v) is 12.1. The summed E-state index contributed by atoms with van der Waals surface area (Å²) in [6, 6.07) is 0. The number of rotatable bonds is 5. The van der Waals surface area contributed by atoms with Gasteiger partial charge in [0.05, 0.1) is 19.8 Å². The first kappa shape index (κ1) is 14.8. The van der Waals surface area contributed by atoms with E-state index in [2.05, 4.69) is 17.3 Å². The molecule has 2 heterocycles. The lowest BCUT2D eigenvalue weighted by Crippen LogP contribution is -2.45. The fraction of sp³-hybridized carbons (Fsp3) is 0.929. The van der Waals surface area contributed by atoms with E-state index in [9.17, 15) is 4.79 Å². The maximum absolute atomic E-state index is 11.9. The number of likely N-dealkylation sites (tertiary alicyclic amines) is 1. The van der Waals surface area contributed by atoms with E-state index in [1.165, 1.54) is 32.4 Å². The van der Waals surface area contributed by atoms with E-state index in [1.807, 2.05) is 4.90 Å². The van der Waals surface area contributed by atoms with Crippen LogP contribution in [-0.2, 0) is 9.53 Å². The molecule has 0 unspecified atom stereocenters. The Morgan fingerprint density at radius 1 is 1.21 bits per heavy atom. The van der Waals surface area contributed by atoms with Gasteiger partial charge in [0, 0.05) is 13.1 Å². The molecule has 2 saturated heterocycles. The van der Waals surface area contributed by atoms with Crippen LogP contribution >= 0.6 is 0 Å². The fourth-order valence-corrected chi connectivity index (χ4v) is 2.78. The zero-order chi connectivity index (χ0) is 13.5. The van der Waals surface area contributed by atoms with Crippen molar-refractivity contribution in [3.63, 3.8) is 0 Å². The maximum Gasteiger partial charge on any atom is 0.236 e. The van der Waals surface area contributed by atoms with Crippen molar-refractivity contribution in [2.75, 3.05) is 59.5 Å². The molecular weight excluding hydrogens is 242 g/mol. The minimum atomic E-state index is 0.215. The summed E-state index contributed by atoms with van der Waals surface area (Å²) < 4.78 is 5.25. The van der Waals surface area contributed by atoms with E-state index < -0.39 is 0 Å². The molecular formula is C14H27N3O2. The highest BCUT2D eigenvalue weighted by atomic mass is 16.5. The molecule has 1 amide bonds. The van der Waals surface area contributed by atoms with Crippen LogP contribution in [0.25, 0.3) is 0 Å². The molecule has 1 N–H and O–H groups in total. The van der Waals surface area contributed by atoms with Crippen molar-refractivity contribution in [1.29, 1.82) is 0 Å². The van der Waals surface area contributed by atoms with Gasteiger partial charge in [-0.1, -0.05) is 0 Å². The third kappa shape index (κ3) is 5.09. The lowest BCUT2D eigenvalue weighted by Gasteiger charge is -2.29. The molecule has 5 heteroatoms. The molecule has 0 radical (unpaired) electrons. The normalized spacial score (nSPS) is 22.7. The van der Waals surface area contributed by atoms with Crippen LogP contribution in [0.4, 0.5) is 0 Å². The van der Waals surface area contributed by atoms with Gasteiger partial charge in [-0.2, -0.15) is 0 Å². The Morgan fingerprint density at radius 3 is 2.58 bits per heavy atom. The number of carbonyl (C=O) groups is 1. The molecule has 0 spiro atoms. The summed E-state index contributed by atoms with van der Waals surface area (Å²) in [5, 5.41) is 3.30. The Morgan fingerprint density at radius 2 is 1.89 bits per heavy atom. The van der Waals surface area contributed by atoms with Gasteiger partial charge >= 0.3 is 0 Å². The standard InChI is InChI=1S/C14H27N3O2/c1-16-6-3-13(4-7-16)2-5-15-12-14(18)17-8-10-19-11-9-17/h13,15H,2-12H2,1H3. The van der Waals surface area contributed by atoms with Crippen molar-refractivity contribution in [2.24, 2.45) is 5.92 Å². The zero-order valence-electron chi connectivity index (χ0n) is 12.1. The molecule has 0 aromatic carbocycles. The molecule has 0 saturated carbocycles. The lowest BCUT2D eigenvalue weighted by atomic mass is 9.94. The number of nitrogens with one attached hydrogen (secondary N) is 1.